The normalized spacial score (nSPS) is 10.5. The van der Waals surface area contributed by atoms with Gasteiger partial charge in [-0.05, 0) is 6.92 Å². The van der Waals surface area contributed by atoms with E-state index in [9.17, 15) is 0 Å². The fourth-order valence-electron chi connectivity index (χ4n) is 1.61. The van der Waals surface area contributed by atoms with Gasteiger partial charge in [0, 0.05) is 18.6 Å². The molecule has 3 aromatic rings. The Morgan fingerprint density at radius 2 is 2.00 bits per heavy atom. The van der Waals surface area contributed by atoms with E-state index in [0.717, 1.165) is 0 Å². The van der Waals surface area contributed by atoms with Crippen LogP contribution < -0.4 is 4.74 Å². The second-order valence-corrected chi connectivity index (χ2v) is 3.87. The summed E-state index contributed by atoms with van der Waals surface area (Å²) in [5.74, 6) is 0.689. The molecule has 0 aromatic carbocycles. The number of methoxy groups -OCH3 is 1. The maximum Gasteiger partial charge on any atom is 0.316 e. The molecule has 0 radical (unpaired) electrons. The molecule has 3 heterocycles. The zero-order valence-electron chi connectivity index (χ0n) is 10.8. The van der Waals surface area contributed by atoms with Crippen LogP contribution in [0.2, 0.25) is 0 Å². The number of hydrogen-bond acceptors (Lipinski definition) is 8. The van der Waals surface area contributed by atoms with Crippen LogP contribution in [-0.2, 0) is 0 Å². The summed E-state index contributed by atoms with van der Waals surface area (Å²) in [5.41, 5.74) is 1.87. The van der Waals surface area contributed by atoms with E-state index in [0.29, 0.717) is 34.7 Å². The van der Waals surface area contributed by atoms with Crippen LogP contribution in [0, 0.1) is 6.92 Å². The average Bonchev–Trinajstić information content (AvgIpc) is 2.97. The fourth-order valence-corrected chi connectivity index (χ4v) is 1.61. The van der Waals surface area contributed by atoms with E-state index in [1.165, 1.54) is 7.11 Å². The standard InChI is InChI=1S/C12H10N6O2/c1-7-8(5-15-12(16-7)19-2)11-17-10(18-20-11)9-6-13-3-4-14-9/h3-6H,1-2H3. The average molecular weight is 270 g/mol. The van der Waals surface area contributed by atoms with Gasteiger partial charge in [-0.3, -0.25) is 4.98 Å². The van der Waals surface area contributed by atoms with Gasteiger partial charge < -0.3 is 9.26 Å². The summed E-state index contributed by atoms with van der Waals surface area (Å²) >= 11 is 0. The second kappa shape index (κ2) is 5.00. The molecule has 0 aliphatic rings. The molecular formula is C12H10N6O2. The van der Waals surface area contributed by atoms with Crippen LogP contribution in [0.15, 0.2) is 29.3 Å². The Morgan fingerprint density at radius 1 is 1.10 bits per heavy atom. The quantitative estimate of drug-likeness (QED) is 0.702. The first-order valence-electron chi connectivity index (χ1n) is 5.76. The molecule has 0 atom stereocenters. The minimum absolute atomic E-state index is 0.292. The Bertz CT molecular complexity index is 728. The molecule has 0 aliphatic carbocycles. The molecule has 0 N–H and O–H groups in total. The zero-order valence-corrected chi connectivity index (χ0v) is 10.8. The maximum atomic E-state index is 5.21. The Hall–Kier alpha value is -2.90. The largest absolute Gasteiger partial charge is 0.467 e. The molecule has 0 saturated heterocycles. The van der Waals surface area contributed by atoms with E-state index in [4.69, 9.17) is 9.26 Å². The Kier molecular flexibility index (Phi) is 3.04. The van der Waals surface area contributed by atoms with Crippen molar-refractivity contribution in [1.82, 2.24) is 30.1 Å². The van der Waals surface area contributed by atoms with Crippen molar-refractivity contribution in [2.75, 3.05) is 7.11 Å². The summed E-state index contributed by atoms with van der Waals surface area (Å²) in [6.07, 6.45) is 6.28. The molecule has 8 heteroatoms. The zero-order chi connectivity index (χ0) is 13.9. The highest BCUT2D eigenvalue weighted by Gasteiger charge is 2.15. The van der Waals surface area contributed by atoms with Gasteiger partial charge in [0.1, 0.15) is 5.69 Å². The molecule has 0 fully saturated rings. The van der Waals surface area contributed by atoms with Crippen LogP contribution in [0.3, 0.4) is 0 Å². The summed E-state index contributed by atoms with van der Waals surface area (Å²) in [5, 5.41) is 3.87. The first-order chi connectivity index (χ1) is 9.78. The van der Waals surface area contributed by atoms with E-state index in [1.807, 2.05) is 6.92 Å². The minimum Gasteiger partial charge on any atom is -0.467 e. The number of aromatic nitrogens is 6. The third-order valence-electron chi connectivity index (χ3n) is 2.59. The van der Waals surface area contributed by atoms with Crippen molar-refractivity contribution in [3.05, 3.63) is 30.5 Å². The molecule has 0 aliphatic heterocycles. The predicted molar refractivity (Wildman–Crippen MR) is 67.6 cm³/mol. The van der Waals surface area contributed by atoms with E-state index in [1.54, 1.807) is 24.8 Å². The van der Waals surface area contributed by atoms with Gasteiger partial charge in [0.15, 0.2) is 0 Å². The highest BCUT2D eigenvalue weighted by atomic mass is 16.5. The van der Waals surface area contributed by atoms with E-state index in [2.05, 4.69) is 30.1 Å². The van der Waals surface area contributed by atoms with Crippen LogP contribution in [-0.4, -0.2) is 37.2 Å². The third-order valence-corrected chi connectivity index (χ3v) is 2.59. The van der Waals surface area contributed by atoms with Crippen LogP contribution in [0.5, 0.6) is 6.01 Å². The highest BCUT2D eigenvalue weighted by molar-refractivity contribution is 5.58. The van der Waals surface area contributed by atoms with Crippen LogP contribution in [0.1, 0.15) is 5.69 Å². The van der Waals surface area contributed by atoms with Gasteiger partial charge in [-0.2, -0.15) is 9.97 Å². The van der Waals surface area contributed by atoms with Crippen molar-refractivity contribution < 1.29 is 9.26 Å². The van der Waals surface area contributed by atoms with Gasteiger partial charge in [-0.25, -0.2) is 9.97 Å². The Balaban J connectivity index is 1.98. The molecule has 0 unspecified atom stereocenters. The lowest BCUT2D eigenvalue weighted by molar-refractivity contribution is 0.378. The summed E-state index contributed by atoms with van der Waals surface area (Å²) in [6.45, 7) is 1.81. The van der Waals surface area contributed by atoms with Gasteiger partial charge in [0.2, 0.25) is 5.82 Å². The van der Waals surface area contributed by atoms with Crippen LogP contribution >= 0.6 is 0 Å². The minimum atomic E-state index is 0.292. The fraction of sp³-hybridized carbons (Fsp3) is 0.167. The third kappa shape index (κ3) is 2.18. The lowest BCUT2D eigenvalue weighted by Crippen LogP contribution is -1.96. The first kappa shape index (κ1) is 12.2. The van der Waals surface area contributed by atoms with E-state index >= 15 is 0 Å². The van der Waals surface area contributed by atoms with Crippen LogP contribution in [0.4, 0.5) is 0 Å². The van der Waals surface area contributed by atoms with Gasteiger partial charge >= 0.3 is 6.01 Å². The number of hydrogen-bond donors (Lipinski definition) is 0. The van der Waals surface area contributed by atoms with Crippen molar-refractivity contribution >= 4 is 0 Å². The summed E-state index contributed by atoms with van der Waals surface area (Å²) < 4.78 is 10.2. The number of rotatable bonds is 3. The number of ether oxygens (including phenoxy) is 1. The monoisotopic (exact) mass is 270 g/mol. The van der Waals surface area contributed by atoms with Crippen molar-refractivity contribution in [3.8, 4) is 29.0 Å². The molecule has 20 heavy (non-hydrogen) atoms. The molecule has 0 bridgehead atoms. The smallest absolute Gasteiger partial charge is 0.316 e. The molecule has 0 amide bonds. The van der Waals surface area contributed by atoms with E-state index < -0.39 is 0 Å². The van der Waals surface area contributed by atoms with Gasteiger partial charge in [-0.1, -0.05) is 5.16 Å². The van der Waals surface area contributed by atoms with Gasteiger partial charge in [0.05, 0.1) is 24.6 Å². The molecule has 0 saturated carbocycles. The molecule has 100 valence electrons. The molecule has 0 spiro atoms. The topological polar surface area (TPSA) is 99.7 Å². The SMILES string of the molecule is COc1ncc(-c2nc(-c3cnccn3)no2)c(C)n1. The molecule has 8 nitrogen and oxygen atoms in total. The highest BCUT2D eigenvalue weighted by Crippen LogP contribution is 2.23. The van der Waals surface area contributed by atoms with Crippen molar-refractivity contribution in [3.63, 3.8) is 0 Å². The maximum absolute atomic E-state index is 5.21. The lowest BCUT2D eigenvalue weighted by atomic mass is 10.2. The van der Waals surface area contributed by atoms with Gasteiger partial charge in [-0.15, -0.1) is 0 Å². The summed E-state index contributed by atoms with van der Waals surface area (Å²) in [6, 6.07) is 0.292. The molecule has 3 rings (SSSR count). The Morgan fingerprint density at radius 3 is 2.70 bits per heavy atom. The van der Waals surface area contributed by atoms with E-state index in [-0.39, 0.29) is 0 Å². The first-order valence-corrected chi connectivity index (χ1v) is 5.76. The van der Waals surface area contributed by atoms with Crippen LogP contribution in [0.25, 0.3) is 23.0 Å². The number of aryl methyl sites for hydroxylation is 1. The van der Waals surface area contributed by atoms with Gasteiger partial charge in [0.25, 0.3) is 5.89 Å². The number of nitrogens with zero attached hydrogens (tertiary/aromatic N) is 6. The predicted octanol–water partition coefficient (Wildman–Crippen LogP) is 1.30. The summed E-state index contributed by atoms with van der Waals surface area (Å²) in [4.78, 5) is 20.5. The van der Waals surface area contributed by atoms with Crippen molar-refractivity contribution in [2.45, 2.75) is 6.92 Å². The molecular weight excluding hydrogens is 260 g/mol. The Labute approximate surface area is 113 Å². The summed E-state index contributed by atoms with van der Waals surface area (Å²) in [7, 11) is 1.51. The lowest BCUT2D eigenvalue weighted by Gasteiger charge is -2.01. The van der Waals surface area contributed by atoms with Crippen molar-refractivity contribution in [1.29, 1.82) is 0 Å². The molecule has 3 aromatic heterocycles. The van der Waals surface area contributed by atoms with Crippen molar-refractivity contribution in [2.24, 2.45) is 0 Å². The second-order valence-electron chi connectivity index (χ2n) is 3.87.